The molecule has 0 bridgehead atoms. The van der Waals surface area contributed by atoms with Gasteiger partial charge in [0.25, 0.3) is 5.56 Å². The summed E-state index contributed by atoms with van der Waals surface area (Å²) in [5.41, 5.74) is 1.33. The van der Waals surface area contributed by atoms with Crippen LogP contribution in [0.5, 0.6) is 0 Å². The molecule has 1 atom stereocenters. The summed E-state index contributed by atoms with van der Waals surface area (Å²) in [5.74, 6) is -1.81. The monoisotopic (exact) mass is 413 g/mol. The number of amides is 1. The molecule has 7 heteroatoms. The fourth-order valence-corrected chi connectivity index (χ4v) is 3.34. The predicted octanol–water partition coefficient (Wildman–Crippen LogP) is 3.01. The summed E-state index contributed by atoms with van der Waals surface area (Å²) >= 11 is 0. The number of rotatable bonds is 6. The maximum atomic E-state index is 12.5. The number of hydrogen-bond acceptors (Lipinski definition) is 4. The van der Waals surface area contributed by atoms with Crippen molar-refractivity contribution in [3.05, 3.63) is 101 Å². The Balaban J connectivity index is 1.57. The molecule has 7 nitrogen and oxygen atoms in total. The molecule has 31 heavy (non-hydrogen) atoms. The first-order valence-electron chi connectivity index (χ1n) is 9.66. The lowest BCUT2D eigenvalue weighted by Gasteiger charge is -2.15. The maximum Gasteiger partial charge on any atom is 0.330 e. The Morgan fingerprint density at radius 1 is 0.903 bits per heavy atom. The van der Waals surface area contributed by atoms with Crippen molar-refractivity contribution >= 4 is 22.6 Å². The SMILES string of the molecule is O=C(Cn1nc(-c2ccc3ccccc3c2)ccc1=O)NC(C(=O)O)c1ccccc1. The quantitative estimate of drug-likeness (QED) is 0.506. The maximum absolute atomic E-state index is 12.5. The summed E-state index contributed by atoms with van der Waals surface area (Å²) in [6.45, 7) is -0.392. The van der Waals surface area contributed by atoms with Gasteiger partial charge in [-0.2, -0.15) is 5.10 Å². The molecule has 1 aromatic heterocycles. The van der Waals surface area contributed by atoms with Crippen LogP contribution in [0.2, 0.25) is 0 Å². The predicted molar refractivity (Wildman–Crippen MR) is 116 cm³/mol. The van der Waals surface area contributed by atoms with Crippen molar-refractivity contribution in [3.63, 3.8) is 0 Å². The van der Waals surface area contributed by atoms with E-state index < -0.39 is 30.0 Å². The van der Waals surface area contributed by atoms with Crippen molar-refractivity contribution in [2.45, 2.75) is 12.6 Å². The van der Waals surface area contributed by atoms with Gasteiger partial charge in [-0.25, -0.2) is 9.48 Å². The Morgan fingerprint density at radius 2 is 1.61 bits per heavy atom. The molecule has 0 saturated heterocycles. The van der Waals surface area contributed by atoms with E-state index in [1.165, 1.54) is 6.07 Å². The molecular weight excluding hydrogens is 394 g/mol. The zero-order valence-electron chi connectivity index (χ0n) is 16.4. The molecule has 4 aromatic rings. The number of fused-ring (bicyclic) bond motifs is 1. The van der Waals surface area contributed by atoms with Crippen LogP contribution in [0.25, 0.3) is 22.0 Å². The van der Waals surface area contributed by atoms with Crippen molar-refractivity contribution in [2.75, 3.05) is 0 Å². The van der Waals surface area contributed by atoms with Gasteiger partial charge in [0.1, 0.15) is 6.54 Å². The molecule has 0 aliphatic rings. The van der Waals surface area contributed by atoms with Crippen molar-refractivity contribution in [1.82, 2.24) is 15.1 Å². The summed E-state index contributed by atoms with van der Waals surface area (Å²) < 4.78 is 1.03. The van der Waals surface area contributed by atoms with E-state index in [4.69, 9.17) is 0 Å². The van der Waals surface area contributed by atoms with Gasteiger partial charge in [-0.05, 0) is 28.5 Å². The standard InChI is InChI=1S/C24H19N3O4/c28-21(25-23(24(30)31)17-7-2-1-3-8-17)15-27-22(29)13-12-20(26-27)19-11-10-16-6-4-5-9-18(16)14-19/h1-14,23H,15H2,(H,25,28)(H,30,31). The van der Waals surface area contributed by atoms with Gasteiger partial charge < -0.3 is 10.4 Å². The summed E-state index contributed by atoms with van der Waals surface area (Å²) in [5, 5.41) is 18.4. The van der Waals surface area contributed by atoms with E-state index in [0.29, 0.717) is 11.3 Å². The second-order valence-corrected chi connectivity index (χ2v) is 7.03. The second kappa shape index (κ2) is 8.62. The van der Waals surface area contributed by atoms with Gasteiger partial charge in [-0.15, -0.1) is 0 Å². The molecule has 0 spiro atoms. The number of carbonyl (C=O) groups is 2. The first kappa shape index (κ1) is 20.0. The first-order chi connectivity index (χ1) is 15.0. The highest BCUT2D eigenvalue weighted by Crippen LogP contribution is 2.22. The van der Waals surface area contributed by atoms with Crippen LogP contribution in [0.1, 0.15) is 11.6 Å². The molecule has 1 amide bonds. The van der Waals surface area contributed by atoms with Crippen LogP contribution in [-0.2, 0) is 16.1 Å². The van der Waals surface area contributed by atoms with E-state index in [0.717, 1.165) is 21.0 Å². The molecule has 2 N–H and O–H groups in total. The summed E-state index contributed by atoms with van der Waals surface area (Å²) in [6.07, 6.45) is 0. The number of nitrogens with zero attached hydrogens (tertiary/aromatic N) is 2. The van der Waals surface area contributed by atoms with Gasteiger partial charge in [0.05, 0.1) is 5.69 Å². The fraction of sp³-hybridized carbons (Fsp3) is 0.0833. The Bertz CT molecular complexity index is 1320. The third-order valence-electron chi connectivity index (χ3n) is 4.89. The topological polar surface area (TPSA) is 101 Å². The van der Waals surface area contributed by atoms with Crippen molar-refractivity contribution < 1.29 is 14.7 Å². The summed E-state index contributed by atoms with van der Waals surface area (Å²) in [4.78, 5) is 36.3. The van der Waals surface area contributed by atoms with Gasteiger partial charge >= 0.3 is 5.97 Å². The minimum atomic E-state index is -1.21. The first-order valence-corrected chi connectivity index (χ1v) is 9.66. The molecule has 0 radical (unpaired) electrons. The van der Waals surface area contributed by atoms with Gasteiger partial charge in [0.15, 0.2) is 6.04 Å². The van der Waals surface area contributed by atoms with Gasteiger partial charge in [-0.1, -0.05) is 66.7 Å². The zero-order chi connectivity index (χ0) is 21.8. The van der Waals surface area contributed by atoms with Gasteiger partial charge in [-0.3, -0.25) is 9.59 Å². The number of aliphatic carboxylic acids is 1. The summed E-state index contributed by atoms with van der Waals surface area (Å²) in [6, 6.07) is 23.8. The molecule has 4 rings (SSSR count). The minimum Gasteiger partial charge on any atom is -0.479 e. The van der Waals surface area contributed by atoms with Gasteiger partial charge in [0, 0.05) is 11.6 Å². The molecular formula is C24H19N3O4. The lowest BCUT2D eigenvalue weighted by molar-refractivity contribution is -0.142. The zero-order valence-corrected chi connectivity index (χ0v) is 16.4. The van der Waals surface area contributed by atoms with Crippen LogP contribution in [-0.4, -0.2) is 26.8 Å². The van der Waals surface area contributed by atoms with Crippen molar-refractivity contribution in [3.8, 4) is 11.3 Å². The number of carboxylic acids is 1. The molecule has 154 valence electrons. The highest BCUT2D eigenvalue weighted by Gasteiger charge is 2.22. The van der Waals surface area contributed by atoms with E-state index in [1.807, 2.05) is 42.5 Å². The minimum absolute atomic E-state index is 0.392. The van der Waals surface area contributed by atoms with Crippen LogP contribution in [0.4, 0.5) is 0 Å². The molecule has 0 saturated carbocycles. The Hall–Kier alpha value is -4.26. The second-order valence-electron chi connectivity index (χ2n) is 7.03. The number of nitrogens with one attached hydrogen (secondary N) is 1. The normalized spacial score (nSPS) is 11.7. The highest BCUT2D eigenvalue weighted by molar-refractivity contribution is 5.87. The Morgan fingerprint density at radius 3 is 2.35 bits per heavy atom. The molecule has 0 aliphatic carbocycles. The largest absolute Gasteiger partial charge is 0.479 e. The molecule has 0 fully saturated rings. The van der Waals surface area contributed by atoms with Crippen LogP contribution in [0.3, 0.4) is 0 Å². The molecule has 3 aromatic carbocycles. The smallest absolute Gasteiger partial charge is 0.330 e. The van der Waals surface area contributed by atoms with Crippen molar-refractivity contribution in [1.29, 1.82) is 0 Å². The van der Waals surface area contributed by atoms with Crippen LogP contribution in [0.15, 0.2) is 89.7 Å². The lowest BCUT2D eigenvalue weighted by Crippen LogP contribution is -2.38. The molecule has 1 heterocycles. The third-order valence-corrected chi connectivity index (χ3v) is 4.89. The number of carboxylic acid groups (broad SMARTS) is 1. The number of carbonyl (C=O) groups excluding carboxylic acids is 1. The highest BCUT2D eigenvalue weighted by atomic mass is 16.4. The average molecular weight is 413 g/mol. The molecule has 0 aliphatic heterocycles. The van der Waals surface area contributed by atoms with E-state index in [2.05, 4.69) is 10.4 Å². The molecule has 1 unspecified atom stereocenters. The number of benzene rings is 3. The fourth-order valence-electron chi connectivity index (χ4n) is 3.34. The van der Waals surface area contributed by atoms with Crippen molar-refractivity contribution in [2.24, 2.45) is 0 Å². The van der Waals surface area contributed by atoms with Crippen LogP contribution < -0.4 is 10.9 Å². The van der Waals surface area contributed by atoms with Crippen LogP contribution in [0, 0.1) is 0 Å². The Kier molecular flexibility index (Phi) is 5.57. The van der Waals surface area contributed by atoms with E-state index in [-0.39, 0.29) is 0 Å². The van der Waals surface area contributed by atoms with E-state index >= 15 is 0 Å². The van der Waals surface area contributed by atoms with Gasteiger partial charge in [0.2, 0.25) is 5.91 Å². The number of hydrogen-bond donors (Lipinski definition) is 2. The average Bonchev–Trinajstić information content (AvgIpc) is 2.79. The lowest BCUT2D eigenvalue weighted by atomic mass is 10.1. The Labute approximate surface area is 177 Å². The van der Waals surface area contributed by atoms with Crippen LogP contribution >= 0.6 is 0 Å². The third kappa shape index (κ3) is 4.51. The number of aromatic nitrogens is 2. The van der Waals surface area contributed by atoms with E-state index in [9.17, 15) is 19.5 Å². The summed E-state index contributed by atoms with van der Waals surface area (Å²) in [7, 11) is 0. The van der Waals surface area contributed by atoms with E-state index in [1.54, 1.807) is 36.4 Å².